The topological polar surface area (TPSA) is 93.2 Å². The van der Waals surface area contributed by atoms with E-state index < -0.39 is 11.9 Å². The van der Waals surface area contributed by atoms with Crippen LogP contribution in [0.15, 0.2) is 30.9 Å². The average molecular weight is 331 g/mol. The van der Waals surface area contributed by atoms with Crippen molar-refractivity contribution >= 4 is 11.9 Å². The highest BCUT2D eigenvalue weighted by atomic mass is 16.4. The first kappa shape index (κ1) is 16.2. The molecule has 1 fully saturated rings. The SMILES string of the molecule is Cn1cc(C2CC(C(=O)O)CN(C(=O)CCn3cccn3)C2)cn1. The fraction of sp³-hybridized carbons (Fsp3) is 0.500. The van der Waals surface area contributed by atoms with Crippen LogP contribution in [0.5, 0.6) is 0 Å². The number of rotatable bonds is 5. The first-order valence-corrected chi connectivity index (χ1v) is 7.99. The van der Waals surface area contributed by atoms with Crippen molar-refractivity contribution in [2.75, 3.05) is 13.1 Å². The molecule has 1 N–H and O–H groups in total. The predicted molar refractivity (Wildman–Crippen MR) is 85.1 cm³/mol. The number of nitrogens with zero attached hydrogens (tertiary/aromatic N) is 5. The number of carboxylic acid groups (broad SMARTS) is 1. The molecule has 2 atom stereocenters. The Morgan fingerprint density at radius 1 is 1.33 bits per heavy atom. The molecule has 8 heteroatoms. The summed E-state index contributed by atoms with van der Waals surface area (Å²) in [5.41, 5.74) is 0.980. The van der Waals surface area contributed by atoms with E-state index in [-0.39, 0.29) is 18.4 Å². The zero-order valence-corrected chi connectivity index (χ0v) is 13.6. The Balaban J connectivity index is 1.68. The van der Waals surface area contributed by atoms with Crippen molar-refractivity contribution in [1.82, 2.24) is 24.5 Å². The summed E-state index contributed by atoms with van der Waals surface area (Å²) < 4.78 is 3.40. The lowest BCUT2D eigenvalue weighted by atomic mass is 9.85. The fourth-order valence-corrected chi connectivity index (χ4v) is 3.18. The third-order valence-corrected chi connectivity index (χ3v) is 4.46. The van der Waals surface area contributed by atoms with E-state index in [1.54, 1.807) is 26.7 Å². The van der Waals surface area contributed by atoms with Gasteiger partial charge in [-0.3, -0.25) is 19.0 Å². The Bertz CT molecular complexity index is 709. The second-order valence-corrected chi connectivity index (χ2v) is 6.23. The fourth-order valence-electron chi connectivity index (χ4n) is 3.18. The number of aliphatic carboxylic acids is 1. The van der Waals surface area contributed by atoms with E-state index in [9.17, 15) is 14.7 Å². The molecular weight excluding hydrogens is 310 g/mol. The summed E-state index contributed by atoms with van der Waals surface area (Å²) in [4.78, 5) is 25.7. The first-order chi connectivity index (χ1) is 11.5. The van der Waals surface area contributed by atoms with E-state index in [1.807, 2.05) is 25.5 Å². The number of carbonyl (C=O) groups excluding carboxylic acids is 1. The van der Waals surface area contributed by atoms with Crippen molar-refractivity contribution in [2.45, 2.75) is 25.3 Å². The summed E-state index contributed by atoms with van der Waals surface area (Å²) >= 11 is 0. The van der Waals surface area contributed by atoms with Crippen molar-refractivity contribution in [3.8, 4) is 0 Å². The van der Waals surface area contributed by atoms with Gasteiger partial charge in [0.2, 0.25) is 5.91 Å². The average Bonchev–Trinajstić information content (AvgIpc) is 3.23. The summed E-state index contributed by atoms with van der Waals surface area (Å²) in [6, 6.07) is 1.81. The Hall–Kier alpha value is -2.64. The molecule has 1 aliphatic heterocycles. The van der Waals surface area contributed by atoms with Gasteiger partial charge in [-0.1, -0.05) is 0 Å². The Kier molecular flexibility index (Phi) is 4.64. The van der Waals surface area contributed by atoms with E-state index in [2.05, 4.69) is 10.2 Å². The van der Waals surface area contributed by atoms with Crippen LogP contribution in [0.25, 0.3) is 0 Å². The lowest BCUT2D eigenvalue weighted by Crippen LogP contribution is -2.45. The summed E-state index contributed by atoms with van der Waals surface area (Å²) in [7, 11) is 1.83. The minimum Gasteiger partial charge on any atom is -0.481 e. The second kappa shape index (κ2) is 6.86. The van der Waals surface area contributed by atoms with Crippen LogP contribution < -0.4 is 0 Å². The molecule has 8 nitrogen and oxygen atoms in total. The molecule has 128 valence electrons. The molecule has 0 bridgehead atoms. The van der Waals surface area contributed by atoms with Gasteiger partial charge in [0.1, 0.15) is 0 Å². The van der Waals surface area contributed by atoms with Gasteiger partial charge >= 0.3 is 5.97 Å². The highest BCUT2D eigenvalue weighted by Gasteiger charge is 2.34. The van der Waals surface area contributed by atoms with Gasteiger partial charge in [-0.2, -0.15) is 10.2 Å². The summed E-state index contributed by atoms with van der Waals surface area (Å²) in [6.07, 6.45) is 7.96. The maximum Gasteiger partial charge on any atom is 0.308 e. The van der Waals surface area contributed by atoms with Gasteiger partial charge in [0, 0.05) is 57.6 Å². The monoisotopic (exact) mass is 331 g/mol. The van der Waals surface area contributed by atoms with Gasteiger partial charge in [-0.05, 0) is 18.1 Å². The van der Waals surface area contributed by atoms with Crippen molar-refractivity contribution < 1.29 is 14.7 Å². The Morgan fingerprint density at radius 3 is 2.79 bits per heavy atom. The Morgan fingerprint density at radius 2 is 2.17 bits per heavy atom. The molecule has 2 aromatic heterocycles. The molecule has 24 heavy (non-hydrogen) atoms. The molecule has 2 unspecified atom stereocenters. The number of likely N-dealkylation sites (tertiary alicyclic amines) is 1. The van der Waals surface area contributed by atoms with Crippen molar-refractivity contribution in [3.05, 3.63) is 36.4 Å². The number of hydrogen-bond donors (Lipinski definition) is 1. The largest absolute Gasteiger partial charge is 0.481 e. The normalized spacial score (nSPS) is 21.0. The van der Waals surface area contributed by atoms with Crippen LogP contribution in [-0.4, -0.2) is 54.5 Å². The molecular formula is C16H21N5O3. The van der Waals surface area contributed by atoms with Crippen LogP contribution in [0.4, 0.5) is 0 Å². The molecule has 3 heterocycles. The highest BCUT2D eigenvalue weighted by Crippen LogP contribution is 2.30. The van der Waals surface area contributed by atoms with E-state index >= 15 is 0 Å². The van der Waals surface area contributed by atoms with E-state index in [0.717, 1.165) is 5.56 Å². The molecule has 1 aliphatic rings. The third-order valence-electron chi connectivity index (χ3n) is 4.46. The van der Waals surface area contributed by atoms with Crippen LogP contribution in [0, 0.1) is 5.92 Å². The van der Waals surface area contributed by atoms with Gasteiger partial charge in [-0.15, -0.1) is 0 Å². The molecule has 2 aromatic rings. The number of aromatic nitrogens is 4. The second-order valence-electron chi connectivity index (χ2n) is 6.23. The van der Waals surface area contributed by atoms with E-state index in [1.165, 1.54) is 0 Å². The van der Waals surface area contributed by atoms with E-state index in [0.29, 0.717) is 25.9 Å². The van der Waals surface area contributed by atoms with Crippen molar-refractivity contribution in [3.63, 3.8) is 0 Å². The van der Waals surface area contributed by atoms with Gasteiger partial charge < -0.3 is 10.0 Å². The lowest BCUT2D eigenvalue weighted by molar-refractivity contribution is -0.146. The standard InChI is InChI=1S/C16H21N5O3/c1-19-9-14(8-18-19)12-7-13(16(23)24)11-20(10-12)15(22)3-6-21-5-2-4-17-21/h2,4-5,8-9,12-13H,3,6-7,10-11H2,1H3,(H,23,24). The number of piperidine rings is 1. The number of carboxylic acids is 1. The van der Waals surface area contributed by atoms with Crippen LogP contribution >= 0.6 is 0 Å². The van der Waals surface area contributed by atoms with E-state index in [4.69, 9.17) is 0 Å². The number of amides is 1. The van der Waals surface area contributed by atoms with Crippen LogP contribution in [0.2, 0.25) is 0 Å². The molecule has 0 aliphatic carbocycles. The van der Waals surface area contributed by atoms with Crippen LogP contribution in [-0.2, 0) is 23.2 Å². The van der Waals surface area contributed by atoms with Gasteiger partial charge in [0.15, 0.2) is 0 Å². The molecule has 1 amide bonds. The molecule has 0 spiro atoms. The minimum absolute atomic E-state index is 0.00204. The lowest BCUT2D eigenvalue weighted by Gasteiger charge is -2.36. The number of hydrogen-bond acceptors (Lipinski definition) is 4. The quantitative estimate of drug-likeness (QED) is 0.871. The number of aryl methyl sites for hydroxylation is 2. The molecule has 3 rings (SSSR count). The number of carbonyl (C=O) groups is 2. The van der Waals surface area contributed by atoms with Gasteiger partial charge in [0.25, 0.3) is 0 Å². The maximum absolute atomic E-state index is 12.5. The smallest absolute Gasteiger partial charge is 0.308 e. The van der Waals surface area contributed by atoms with Crippen molar-refractivity contribution in [2.24, 2.45) is 13.0 Å². The molecule has 1 saturated heterocycles. The van der Waals surface area contributed by atoms with Gasteiger partial charge in [-0.25, -0.2) is 0 Å². The van der Waals surface area contributed by atoms with Crippen molar-refractivity contribution in [1.29, 1.82) is 0 Å². The minimum atomic E-state index is -0.853. The highest BCUT2D eigenvalue weighted by molar-refractivity contribution is 5.78. The zero-order chi connectivity index (χ0) is 17.1. The first-order valence-electron chi connectivity index (χ1n) is 7.99. The van der Waals surface area contributed by atoms with Crippen LogP contribution in [0.3, 0.4) is 0 Å². The molecule has 0 radical (unpaired) electrons. The Labute approximate surface area is 139 Å². The van der Waals surface area contributed by atoms with Crippen LogP contribution in [0.1, 0.15) is 24.3 Å². The summed E-state index contributed by atoms with van der Waals surface area (Å²) in [5.74, 6) is -1.43. The maximum atomic E-state index is 12.5. The van der Waals surface area contributed by atoms with Gasteiger partial charge in [0.05, 0.1) is 12.1 Å². The summed E-state index contributed by atoms with van der Waals surface area (Å²) in [6.45, 7) is 1.30. The molecule has 0 saturated carbocycles. The third kappa shape index (κ3) is 3.64. The predicted octanol–water partition coefficient (Wildman–Crippen LogP) is 0.724. The molecule has 0 aromatic carbocycles. The summed E-state index contributed by atoms with van der Waals surface area (Å²) in [5, 5.41) is 17.7. The zero-order valence-electron chi connectivity index (χ0n) is 13.6.